The first-order chi connectivity index (χ1) is 8.86. The van der Waals surface area contributed by atoms with Gasteiger partial charge in [-0.05, 0) is 31.5 Å². The average Bonchev–Trinajstić information content (AvgIpc) is 2.65. The van der Waals surface area contributed by atoms with Crippen LogP contribution >= 0.6 is 0 Å². The standard InChI is InChI=1S/C14H18FNO2/c15-11-4-5-12-14(18-8-2-7-17-12)13(11)10-3-1-6-16-9-10/h4-5,10,16H,1-3,6-9H2. The van der Waals surface area contributed by atoms with Crippen LogP contribution in [0.15, 0.2) is 12.1 Å². The molecule has 2 aliphatic rings. The lowest BCUT2D eigenvalue weighted by atomic mass is 9.90. The molecule has 0 radical (unpaired) electrons. The molecule has 0 spiro atoms. The summed E-state index contributed by atoms with van der Waals surface area (Å²) >= 11 is 0. The number of hydrogen-bond acceptors (Lipinski definition) is 3. The van der Waals surface area contributed by atoms with Gasteiger partial charge in [0.15, 0.2) is 11.5 Å². The van der Waals surface area contributed by atoms with Gasteiger partial charge in [0.05, 0.1) is 13.2 Å². The number of piperidine rings is 1. The molecule has 2 heterocycles. The van der Waals surface area contributed by atoms with Crippen molar-refractivity contribution < 1.29 is 13.9 Å². The molecule has 1 N–H and O–H groups in total. The zero-order valence-electron chi connectivity index (χ0n) is 10.4. The summed E-state index contributed by atoms with van der Waals surface area (Å²) in [6.45, 7) is 3.08. The minimum atomic E-state index is -0.173. The molecule has 1 aromatic carbocycles. The number of hydrogen-bond donors (Lipinski definition) is 1. The van der Waals surface area contributed by atoms with E-state index in [1.54, 1.807) is 6.07 Å². The number of halogens is 1. The van der Waals surface area contributed by atoms with Crippen molar-refractivity contribution in [1.82, 2.24) is 5.32 Å². The van der Waals surface area contributed by atoms with Crippen LogP contribution in [-0.4, -0.2) is 26.3 Å². The van der Waals surface area contributed by atoms with Crippen molar-refractivity contribution in [3.8, 4) is 11.5 Å². The first-order valence-corrected chi connectivity index (χ1v) is 6.65. The monoisotopic (exact) mass is 251 g/mol. The number of rotatable bonds is 1. The zero-order chi connectivity index (χ0) is 12.4. The summed E-state index contributed by atoms with van der Waals surface area (Å²) in [6.07, 6.45) is 2.93. The van der Waals surface area contributed by atoms with E-state index in [9.17, 15) is 4.39 Å². The molecule has 2 aliphatic heterocycles. The summed E-state index contributed by atoms with van der Waals surface area (Å²) in [5, 5.41) is 3.32. The fourth-order valence-corrected chi connectivity index (χ4v) is 2.71. The van der Waals surface area contributed by atoms with Crippen LogP contribution in [0.3, 0.4) is 0 Å². The van der Waals surface area contributed by atoms with Gasteiger partial charge in [-0.15, -0.1) is 0 Å². The van der Waals surface area contributed by atoms with E-state index < -0.39 is 0 Å². The van der Waals surface area contributed by atoms with Crippen molar-refractivity contribution in [1.29, 1.82) is 0 Å². The zero-order valence-corrected chi connectivity index (χ0v) is 10.4. The van der Waals surface area contributed by atoms with Gasteiger partial charge in [-0.1, -0.05) is 0 Å². The van der Waals surface area contributed by atoms with E-state index in [1.165, 1.54) is 6.07 Å². The molecule has 1 saturated heterocycles. The molecular formula is C14H18FNO2. The molecule has 1 atom stereocenters. The Morgan fingerprint density at radius 2 is 2.06 bits per heavy atom. The molecule has 3 rings (SSSR count). The number of fused-ring (bicyclic) bond motifs is 1. The van der Waals surface area contributed by atoms with Crippen molar-refractivity contribution in [3.63, 3.8) is 0 Å². The van der Waals surface area contributed by atoms with E-state index in [4.69, 9.17) is 9.47 Å². The topological polar surface area (TPSA) is 30.5 Å². The average molecular weight is 251 g/mol. The van der Waals surface area contributed by atoms with E-state index in [-0.39, 0.29) is 11.7 Å². The second-order valence-electron chi connectivity index (χ2n) is 4.88. The Morgan fingerprint density at radius 1 is 1.17 bits per heavy atom. The van der Waals surface area contributed by atoms with Crippen molar-refractivity contribution >= 4 is 0 Å². The van der Waals surface area contributed by atoms with Crippen LogP contribution in [0.4, 0.5) is 4.39 Å². The van der Waals surface area contributed by atoms with Crippen LogP contribution in [0.25, 0.3) is 0 Å². The lowest BCUT2D eigenvalue weighted by molar-refractivity contribution is 0.294. The van der Waals surface area contributed by atoms with E-state index in [0.29, 0.717) is 30.3 Å². The summed E-state index contributed by atoms with van der Waals surface area (Å²) in [6, 6.07) is 3.17. The van der Waals surface area contributed by atoms with Gasteiger partial charge < -0.3 is 14.8 Å². The van der Waals surface area contributed by atoms with Gasteiger partial charge in [-0.2, -0.15) is 0 Å². The van der Waals surface area contributed by atoms with Crippen LogP contribution in [0.1, 0.15) is 30.7 Å². The maximum Gasteiger partial charge on any atom is 0.167 e. The van der Waals surface area contributed by atoms with Crippen LogP contribution in [0, 0.1) is 5.82 Å². The Labute approximate surface area is 106 Å². The van der Waals surface area contributed by atoms with Gasteiger partial charge in [0.1, 0.15) is 5.82 Å². The Hall–Kier alpha value is -1.29. The second-order valence-corrected chi connectivity index (χ2v) is 4.88. The number of benzene rings is 1. The first kappa shape index (κ1) is 11.8. The predicted octanol–water partition coefficient (Wildman–Crippen LogP) is 2.45. The van der Waals surface area contributed by atoms with Crippen LogP contribution in [-0.2, 0) is 0 Å². The van der Waals surface area contributed by atoms with Crippen molar-refractivity contribution in [2.24, 2.45) is 0 Å². The number of nitrogens with one attached hydrogen (secondary N) is 1. The second kappa shape index (κ2) is 5.14. The Balaban J connectivity index is 2.00. The summed E-state index contributed by atoms with van der Waals surface area (Å²) in [5.41, 5.74) is 0.696. The van der Waals surface area contributed by atoms with Gasteiger partial charge in [0.2, 0.25) is 0 Å². The predicted molar refractivity (Wildman–Crippen MR) is 66.9 cm³/mol. The van der Waals surface area contributed by atoms with Crippen molar-refractivity contribution in [3.05, 3.63) is 23.5 Å². The highest BCUT2D eigenvalue weighted by Crippen LogP contribution is 2.40. The Bertz CT molecular complexity index is 430. The quantitative estimate of drug-likeness (QED) is 0.831. The molecule has 1 aromatic rings. The highest BCUT2D eigenvalue weighted by molar-refractivity contribution is 5.49. The first-order valence-electron chi connectivity index (χ1n) is 6.65. The van der Waals surface area contributed by atoms with Crippen molar-refractivity contribution in [2.45, 2.75) is 25.2 Å². The molecular weight excluding hydrogens is 233 g/mol. The van der Waals surface area contributed by atoms with Gasteiger partial charge in [0, 0.05) is 24.4 Å². The molecule has 18 heavy (non-hydrogen) atoms. The third-order valence-electron chi connectivity index (χ3n) is 3.60. The summed E-state index contributed by atoms with van der Waals surface area (Å²) in [7, 11) is 0. The lowest BCUT2D eigenvalue weighted by Gasteiger charge is -2.25. The van der Waals surface area contributed by atoms with Gasteiger partial charge >= 0.3 is 0 Å². The molecule has 0 aliphatic carbocycles. The molecule has 0 bridgehead atoms. The highest BCUT2D eigenvalue weighted by Gasteiger charge is 2.26. The number of ether oxygens (including phenoxy) is 2. The summed E-state index contributed by atoms with van der Waals surface area (Å²) in [5.74, 6) is 1.33. The third-order valence-corrected chi connectivity index (χ3v) is 3.60. The molecule has 1 fully saturated rings. The van der Waals surface area contributed by atoms with E-state index in [2.05, 4.69) is 5.32 Å². The molecule has 0 aromatic heterocycles. The summed E-state index contributed by atoms with van der Waals surface area (Å²) < 4.78 is 25.5. The molecule has 1 unspecified atom stereocenters. The normalized spacial score (nSPS) is 23.5. The van der Waals surface area contributed by atoms with Gasteiger partial charge in [0.25, 0.3) is 0 Å². The smallest absolute Gasteiger partial charge is 0.167 e. The van der Waals surface area contributed by atoms with Crippen molar-refractivity contribution in [2.75, 3.05) is 26.3 Å². The highest BCUT2D eigenvalue weighted by atomic mass is 19.1. The summed E-state index contributed by atoms with van der Waals surface area (Å²) in [4.78, 5) is 0. The van der Waals surface area contributed by atoms with E-state index in [1.807, 2.05) is 0 Å². The molecule has 98 valence electrons. The largest absolute Gasteiger partial charge is 0.490 e. The molecule has 4 heteroatoms. The van der Waals surface area contributed by atoms with Crippen LogP contribution in [0.2, 0.25) is 0 Å². The third kappa shape index (κ3) is 2.17. The SMILES string of the molecule is Fc1ccc2c(c1C1CCCNC1)OCCCO2. The van der Waals surface area contributed by atoms with Crippen LogP contribution < -0.4 is 14.8 Å². The minimum Gasteiger partial charge on any atom is -0.490 e. The lowest BCUT2D eigenvalue weighted by Crippen LogP contribution is -2.29. The Morgan fingerprint density at radius 3 is 2.89 bits per heavy atom. The molecule has 3 nitrogen and oxygen atoms in total. The maximum atomic E-state index is 14.1. The van der Waals surface area contributed by atoms with Gasteiger partial charge in [-0.3, -0.25) is 0 Å². The minimum absolute atomic E-state index is 0.173. The fourth-order valence-electron chi connectivity index (χ4n) is 2.71. The fraction of sp³-hybridized carbons (Fsp3) is 0.571. The molecule has 0 amide bonds. The molecule has 0 saturated carbocycles. The van der Waals surface area contributed by atoms with Crippen LogP contribution in [0.5, 0.6) is 11.5 Å². The van der Waals surface area contributed by atoms with E-state index in [0.717, 1.165) is 32.4 Å². The van der Waals surface area contributed by atoms with Gasteiger partial charge in [-0.25, -0.2) is 4.39 Å². The maximum absolute atomic E-state index is 14.1. The van der Waals surface area contributed by atoms with E-state index >= 15 is 0 Å². The Kier molecular flexibility index (Phi) is 3.37.